The Bertz CT molecular complexity index is 839. The smallest absolute Gasteiger partial charge is 0.277 e. The number of rotatable bonds is 7. The number of anilines is 1. The number of hydrogen-bond acceptors (Lipinski definition) is 3. The number of nitrogens with one attached hydrogen (secondary N) is 1. The highest BCUT2D eigenvalue weighted by Gasteiger charge is 2.25. The molecule has 0 aliphatic carbocycles. The van der Waals surface area contributed by atoms with E-state index in [2.05, 4.69) is 0 Å². The van der Waals surface area contributed by atoms with Crippen molar-refractivity contribution in [3.05, 3.63) is 59.7 Å². The van der Waals surface area contributed by atoms with Gasteiger partial charge in [-0.15, -0.1) is 0 Å². The Labute approximate surface area is 170 Å². The Kier molecular flexibility index (Phi) is 7.04. The zero-order valence-corrected chi connectivity index (χ0v) is 17.0. The van der Waals surface area contributed by atoms with Crippen molar-refractivity contribution in [2.75, 3.05) is 51.3 Å². The lowest BCUT2D eigenvalue weighted by molar-refractivity contribution is -0.904. The number of piperazine rings is 1. The van der Waals surface area contributed by atoms with Crippen molar-refractivity contribution >= 4 is 11.6 Å². The molecule has 3 rings (SSSR count). The maximum Gasteiger partial charge on any atom is 0.277 e. The van der Waals surface area contributed by atoms with E-state index in [0.717, 1.165) is 17.0 Å². The molecular formula is C22H28F2N3O2+. The number of carbonyl (C=O) groups is 1. The van der Waals surface area contributed by atoms with E-state index in [1.807, 2.05) is 28.9 Å². The van der Waals surface area contributed by atoms with Crippen molar-refractivity contribution in [1.82, 2.24) is 4.90 Å². The molecule has 1 aliphatic rings. The number of amides is 1. The predicted molar refractivity (Wildman–Crippen MR) is 108 cm³/mol. The molecule has 2 aromatic carbocycles. The van der Waals surface area contributed by atoms with Crippen LogP contribution in [0.15, 0.2) is 42.5 Å². The van der Waals surface area contributed by atoms with Gasteiger partial charge < -0.3 is 19.4 Å². The maximum atomic E-state index is 14.0. The normalized spacial score (nSPS) is 15.3. The fraction of sp³-hybridized carbons (Fsp3) is 0.409. The van der Waals surface area contributed by atoms with E-state index >= 15 is 0 Å². The van der Waals surface area contributed by atoms with E-state index in [9.17, 15) is 13.6 Å². The number of benzene rings is 2. The molecule has 0 bridgehead atoms. The van der Waals surface area contributed by atoms with E-state index in [-0.39, 0.29) is 17.5 Å². The number of likely N-dealkylation sites (N-methyl/N-ethyl adjacent to an activating group) is 1. The van der Waals surface area contributed by atoms with Crippen molar-refractivity contribution in [1.29, 1.82) is 0 Å². The zero-order chi connectivity index (χ0) is 20.8. The summed E-state index contributed by atoms with van der Waals surface area (Å²) in [4.78, 5) is 17.6. The summed E-state index contributed by atoms with van der Waals surface area (Å²) in [6, 6.07) is 11.6. The molecule has 0 spiro atoms. The highest BCUT2D eigenvalue weighted by molar-refractivity contribution is 5.77. The van der Waals surface area contributed by atoms with Gasteiger partial charge in [0.2, 0.25) is 0 Å². The first-order valence-corrected chi connectivity index (χ1v) is 9.95. The van der Waals surface area contributed by atoms with Gasteiger partial charge >= 0.3 is 0 Å². The van der Waals surface area contributed by atoms with Gasteiger partial charge in [-0.1, -0.05) is 12.1 Å². The number of ether oxygens (including phenoxy) is 1. The summed E-state index contributed by atoms with van der Waals surface area (Å²) in [6.07, 6.45) is 0. The van der Waals surface area contributed by atoms with Crippen LogP contribution in [-0.4, -0.2) is 57.2 Å². The Morgan fingerprint density at radius 1 is 1.07 bits per heavy atom. The minimum absolute atomic E-state index is 0.0732. The number of hydrogen-bond donors (Lipinski definition) is 1. The minimum Gasteiger partial charge on any atom is -0.494 e. The molecule has 1 fully saturated rings. The molecule has 0 aromatic heterocycles. The third kappa shape index (κ3) is 5.23. The van der Waals surface area contributed by atoms with Crippen LogP contribution in [0, 0.1) is 11.6 Å². The summed E-state index contributed by atoms with van der Waals surface area (Å²) in [6.45, 7) is 6.05. The molecule has 156 valence electrons. The van der Waals surface area contributed by atoms with Crippen LogP contribution < -0.4 is 14.5 Å². The summed E-state index contributed by atoms with van der Waals surface area (Å²) in [5.41, 5.74) is 1.42. The first-order valence-electron chi connectivity index (χ1n) is 9.95. The fourth-order valence-electron chi connectivity index (χ4n) is 3.65. The van der Waals surface area contributed by atoms with Crippen LogP contribution in [0.4, 0.5) is 14.5 Å². The van der Waals surface area contributed by atoms with Gasteiger partial charge in [0.15, 0.2) is 18.1 Å². The zero-order valence-electron chi connectivity index (χ0n) is 17.0. The molecule has 29 heavy (non-hydrogen) atoms. The molecule has 1 atom stereocenters. The number of methoxy groups -OCH3 is 1. The lowest BCUT2D eigenvalue weighted by Gasteiger charge is -2.36. The Morgan fingerprint density at radius 2 is 1.79 bits per heavy atom. The third-order valence-corrected chi connectivity index (χ3v) is 5.40. The van der Waals surface area contributed by atoms with E-state index in [1.165, 1.54) is 19.2 Å². The lowest BCUT2D eigenvalue weighted by Crippen LogP contribution is -3.11. The molecule has 5 nitrogen and oxygen atoms in total. The molecule has 1 heterocycles. The second kappa shape index (κ2) is 9.69. The number of quaternary nitrogens is 1. The van der Waals surface area contributed by atoms with E-state index in [0.29, 0.717) is 45.0 Å². The molecule has 1 saturated heterocycles. The minimum atomic E-state index is -0.393. The van der Waals surface area contributed by atoms with Crippen molar-refractivity contribution in [3.8, 4) is 5.75 Å². The summed E-state index contributed by atoms with van der Waals surface area (Å²) >= 11 is 0. The number of nitrogens with zero attached hydrogens (tertiary/aromatic N) is 2. The monoisotopic (exact) mass is 404 g/mol. The van der Waals surface area contributed by atoms with Gasteiger partial charge in [-0.3, -0.25) is 4.79 Å². The van der Waals surface area contributed by atoms with Crippen molar-refractivity contribution in [2.24, 2.45) is 0 Å². The van der Waals surface area contributed by atoms with Crippen LogP contribution in [0.5, 0.6) is 5.75 Å². The molecule has 7 heteroatoms. The summed E-state index contributed by atoms with van der Waals surface area (Å²) in [5.74, 6) is -0.337. The average Bonchev–Trinajstić information content (AvgIpc) is 2.74. The largest absolute Gasteiger partial charge is 0.494 e. The summed E-state index contributed by atoms with van der Waals surface area (Å²) < 4.78 is 32.8. The molecule has 0 saturated carbocycles. The van der Waals surface area contributed by atoms with Crippen molar-refractivity contribution in [2.45, 2.75) is 13.5 Å². The van der Waals surface area contributed by atoms with Crippen LogP contribution in [0.25, 0.3) is 0 Å². The molecule has 1 N–H and O–H groups in total. The van der Waals surface area contributed by atoms with Gasteiger partial charge in [0.25, 0.3) is 5.91 Å². The number of halogens is 2. The highest BCUT2D eigenvalue weighted by atomic mass is 19.1. The van der Waals surface area contributed by atoms with Crippen LogP contribution in [0.3, 0.4) is 0 Å². The third-order valence-electron chi connectivity index (χ3n) is 5.40. The van der Waals surface area contributed by atoms with E-state index in [4.69, 9.17) is 4.74 Å². The van der Waals surface area contributed by atoms with Crippen LogP contribution in [0.1, 0.15) is 12.5 Å². The molecular weight excluding hydrogens is 376 g/mol. The highest BCUT2D eigenvalue weighted by Crippen LogP contribution is 2.20. The summed E-state index contributed by atoms with van der Waals surface area (Å²) in [5, 5.41) is 0. The van der Waals surface area contributed by atoms with E-state index in [1.54, 1.807) is 18.2 Å². The fourth-order valence-corrected chi connectivity index (χ4v) is 3.65. The topological polar surface area (TPSA) is 37.2 Å². The first kappa shape index (κ1) is 21.0. The number of para-hydroxylation sites is 1. The molecule has 1 amide bonds. The van der Waals surface area contributed by atoms with Crippen molar-refractivity contribution < 1.29 is 23.2 Å². The molecule has 1 aliphatic heterocycles. The predicted octanol–water partition coefficient (Wildman–Crippen LogP) is 1.73. The Balaban J connectivity index is 1.54. The average molecular weight is 404 g/mol. The molecule has 1 unspecified atom stereocenters. The Morgan fingerprint density at radius 3 is 2.41 bits per heavy atom. The maximum absolute atomic E-state index is 14.0. The van der Waals surface area contributed by atoms with Gasteiger partial charge in [-0.2, -0.15) is 0 Å². The van der Waals surface area contributed by atoms with Gasteiger partial charge in [-0.25, -0.2) is 8.78 Å². The number of carbonyl (C=O) groups excluding carboxylic acids is 1. The van der Waals surface area contributed by atoms with Crippen LogP contribution in [-0.2, 0) is 11.3 Å². The lowest BCUT2D eigenvalue weighted by atomic mass is 10.2. The first-order chi connectivity index (χ1) is 14.0. The van der Waals surface area contributed by atoms with Gasteiger partial charge in [0.1, 0.15) is 12.4 Å². The Hall–Kier alpha value is -2.67. The van der Waals surface area contributed by atoms with Crippen LogP contribution in [0.2, 0.25) is 0 Å². The second-order valence-corrected chi connectivity index (χ2v) is 7.25. The molecule has 0 radical (unpaired) electrons. The SMILES string of the molecule is CC[NH+](CC(=O)N1CCN(c2ccccc2F)CC1)Cc1ccc(OC)c(F)c1. The summed E-state index contributed by atoms with van der Waals surface area (Å²) in [7, 11) is 1.44. The van der Waals surface area contributed by atoms with E-state index < -0.39 is 5.82 Å². The molecule has 2 aromatic rings. The quantitative estimate of drug-likeness (QED) is 0.764. The van der Waals surface area contributed by atoms with Crippen LogP contribution >= 0.6 is 0 Å². The second-order valence-electron chi connectivity index (χ2n) is 7.25. The van der Waals surface area contributed by atoms with Gasteiger partial charge in [0.05, 0.1) is 19.3 Å². The standard InChI is InChI=1S/C22H27F2N3O2/c1-3-25(15-17-8-9-21(29-2)19(24)14-17)16-22(28)27-12-10-26(11-13-27)20-7-5-4-6-18(20)23/h4-9,14H,3,10-13,15-16H2,1-2H3/p+1. The van der Waals surface area contributed by atoms with Gasteiger partial charge in [-0.05, 0) is 37.3 Å². The van der Waals surface area contributed by atoms with Gasteiger partial charge in [0, 0.05) is 31.7 Å². The van der Waals surface area contributed by atoms with Crippen molar-refractivity contribution in [3.63, 3.8) is 0 Å².